The van der Waals surface area contributed by atoms with Gasteiger partial charge in [0.05, 0.1) is 5.69 Å². The topological polar surface area (TPSA) is 55.0 Å². The second-order valence-corrected chi connectivity index (χ2v) is 5.94. The first kappa shape index (κ1) is 15.9. The Hall–Kier alpha value is -1.16. The van der Waals surface area contributed by atoms with Crippen molar-refractivity contribution in [3.05, 3.63) is 17.8 Å². The minimum atomic E-state index is 0.450. The van der Waals surface area contributed by atoms with E-state index in [0.717, 1.165) is 24.6 Å². The van der Waals surface area contributed by atoms with Gasteiger partial charge in [0.1, 0.15) is 0 Å². The molecule has 1 aromatic heterocycles. The van der Waals surface area contributed by atoms with Crippen LogP contribution in [0.1, 0.15) is 46.2 Å². The Morgan fingerprint density at radius 3 is 1.95 bits per heavy atom. The summed E-state index contributed by atoms with van der Waals surface area (Å²) in [6.45, 7) is 11.6. The minimum absolute atomic E-state index is 0.450. The monoisotopic (exact) mass is 264 g/mol. The predicted molar refractivity (Wildman–Crippen MR) is 81.0 cm³/mol. The van der Waals surface area contributed by atoms with E-state index in [9.17, 15) is 0 Å². The number of rotatable bonds is 8. The molecule has 0 unspecified atom stereocenters. The van der Waals surface area contributed by atoms with E-state index in [0.29, 0.717) is 18.4 Å². The van der Waals surface area contributed by atoms with Crippen LogP contribution in [0.4, 0.5) is 5.82 Å². The molecule has 0 aliphatic heterocycles. The van der Waals surface area contributed by atoms with Crippen molar-refractivity contribution in [2.45, 2.75) is 47.1 Å². The van der Waals surface area contributed by atoms with Crippen LogP contribution in [0.15, 0.2) is 12.1 Å². The van der Waals surface area contributed by atoms with Crippen molar-refractivity contribution in [2.75, 3.05) is 18.0 Å². The van der Waals surface area contributed by atoms with Crippen LogP contribution in [0.25, 0.3) is 0 Å². The lowest BCUT2D eigenvalue weighted by Crippen LogP contribution is -2.28. The Balaban J connectivity index is 2.69. The van der Waals surface area contributed by atoms with Crippen LogP contribution in [-0.4, -0.2) is 23.3 Å². The molecule has 108 valence electrons. The molecule has 19 heavy (non-hydrogen) atoms. The summed E-state index contributed by atoms with van der Waals surface area (Å²) >= 11 is 0. The van der Waals surface area contributed by atoms with Gasteiger partial charge < -0.3 is 10.6 Å². The molecule has 1 heterocycles. The van der Waals surface area contributed by atoms with Crippen molar-refractivity contribution in [3.8, 4) is 0 Å². The van der Waals surface area contributed by atoms with Gasteiger partial charge in [-0.05, 0) is 36.8 Å². The van der Waals surface area contributed by atoms with E-state index in [4.69, 9.17) is 5.73 Å². The summed E-state index contributed by atoms with van der Waals surface area (Å²) < 4.78 is 0. The second-order valence-electron chi connectivity index (χ2n) is 5.94. The molecule has 0 spiro atoms. The van der Waals surface area contributed by atoms with Crippen LogP contribution in [0.3, 0.4) is 0 Å². The second kappa shape index (κ2) is 8.10. The number of aromatic nitrogens is 2. The summed E-state index contributed by atoms with van der Waals surface area (Å²) in [5, 5.41) is 8.46. The predicted octanol–water partition coefficient (Wildman–Crippen LogP) is 2.83. The number of nitrogens with two attached hydrogens (primary N) is 1. The van der Waals surface area contributed by atoms with E-state index in [1.54, 1.807) is 0 Å². The zero-order chi connectivity index (χ0) is 14.3. The Bertz CT molecular complexity index is 334. The standard InChI is InChI=1S/C15H28N4/c1-12(2)7-9-19(10-8-13(3)4)15-6-5-14(11-16)17-18-15/h5-6,12-13H,7-11,16H2,1-4H3. The third-order valence-corrected chi connectivity index (χ3v) is 3.19. The quantitative estimate of drug-likeness (QED) is 0.784. The van der Waals surface area contributed by atoms with Gasteiger partial charge in [-0.3, -0.25) is 0 Å². The van der Waals surface area contributed by atoms with E-state index < -0.39 is 0 Å². The lowest BCUT2D eigenvalue weighted by molar-refractivity contribution is 0.531. The lowest BCUT2D eigenvalue weighted by atomic mass is 10.1. The molecule has 1 aromatic rings. The first-order valence-corrected chi connectivity index (χ1v) is 7.30. The molecule has 0 aromatic carbocycles. The van der Waals surface area contributed by atoms with Gasteiger partial charge >= 0.3 is 0 Å². The maximum absolute atomic E-state index is 5.56. The maximum atomic E-state index is 5.56. The molecule has 4 nitrogen and oxygen atoms in total. The van der Waals surface area contributed by atoms with E-state index in [1.165, 1.54) is 12.8 Å². The van der Waals surface area contributed by atoms with Crippen LogP contribution in [0.5, 0.6) is 0 Å². The number of nitrogens with zero attached hydrogens (tertiary/aromatic N) is 3. The Kier molecular flexibility index (Phi) is 6.78. The number of hydrogen-bond acceptors (Lipinski definition) is 4. The van der Waals surface area contributed by atoms with Gasteiger partial charge in [0.25, 0.3) is 0 Å². The lowest BCUT2D eigenvalue weighted by Gasteiger charge is -2.25. The summed E-state index contributed by atoms with van der Waals surface area (Å²) in [6.07, 6.45) is 2.36. The van der Waals surface area contributed by atoms with Crippen molar-refractivity contribution in [2.24, 2.45) is 17.6 Å². The third-order valence-electron chi connectivity index (χ3n) is 3.19. The molecular formula is C15H28N4. The Morgan fingerprint density at radius 1 is 1.00 bits per heavy atom. The van der Waals surface area contributed by atoms with Gasteiger partial charge in [0, 0.05) is 19.6 Å². The van der Waals surface area contributed by atoms with Crippen LogP contribution < -0.4 is 10.6 Å². The first-order chi connectivity index (χ1) is 9.02. The van der Waals surface area contributed by atoms with Crippen LogP contribution in [-0.2, 0) is 6.54 Å². The molecule has 0 amide bonds. The van der Waals surface area contributed by atoms with Crippen LogP contribution in [0.2, 0.25) is 0 Å². The maximum Gasteiger partial charge on any atom is 0.151 e. The highest BCUT2D eigenvalue weighted by atomic mass is 15.3. The van der Waals surface area contributed by atoms with Gasteiger partial charge in [-0.25, -0.2) is 0 Å². The van der Waals surface area contributed by atoms with Gasteiger partial charge in [-0.2, -0.15) is 5.10 Å². The summed E-state index contributed by atoms with van der Waals surface area (Å²) in [6, 6.07) is 4.01. The molecule has 0 bridgehead atoms. The average molecular weight is 264 g/mol. The summed E-state index contributed by atoms with van der Waals surface area (Å²) in [7, 11) is 0. The smallest absolute Gasteiger partial charge is 0.151 e. The molecule has 0 atom stereocenters. The highest BCUT2D eigenvalue weighted by Gasteiger charge is 2.10. The fraction of sp³-hybridized carbons (Fsp3) is 0.733. The Labute approximate surface area is 117 Å². The summed E-state index contributed by atoms with van der Waals surface area (Å²) in [5.74, 6) is 2.38. The van der Waals surface area contributed by atoms with Crippen molar-refractivity contribution < 1.29 is 0 Å². The van der Waals surface area contributed by atoms with Gasteiger partial charge in [-0.15, -0.1) is 5.10 Å². The number of anilines is 1. The van der Waals surface area contributed by atoms with Crippen molar-refractivity contribution in [3.63, 3.8) is 0 Å². The fourth-order valence-electron chi connectivity index (χ4n) is 1.80. The SMILES string of the molecule is CC(C)CCN(CCC(C)C)c1ccc(CN)nn1. The molecule has 2 N–H and O–H groups in total. The van der Waals surface area contributed by atoms with E-state index in [2.05, 4.69) is 42.8 Å². The molecule has 0 fully saturated rings. The third kappa shape index (κ3) is 6.01. The number of hydrogen-bond donors (Lipinski definition) is 1. The first-order valence-electron chi connectivity index (χ1n) is 7.30. The zero-order valence-corrected chi connectivity index (χ0v) is 12.8. The zero-order valence-electron chi connectivity index (χ0n) is 12.8. The molecule has 1 rings (SSSR count). The fourth-order valence-corrected chi connectivity index (χ4v) is 1.80. The highest BCUT2D eigenvalue weighted by molar-refractivity contribution is 5.37. The molecule has 0 saturated carbocycles. The van der Waals surface area contributed by atoms with Gasteiger partial charge in [0.15, 0.2) is 5.82 Å². The molecule has 4 heteroatoms. The van der Waals surface area contributed by atoms with E-state index in [-0.39, 0.29) is 0 Å². The largest absolute Gasteiger partial charge is 0.355 e. The Morgan fingerprint density at radius 2 is 1.58 bits per heavy atom. The molecule has 0 aliphatic rings. The van der Waals surface area contributed by atoms with Gasteiger partial charge in [0.2, 0.25) is 0 Å². The van der Waals surface area contributed by atoms with Gasteiger partial charge in [-0.1, -0.05) is 27.7 Å². The molecular weight excluding hydrogens is 236 g/mol. The molecule has 0 aliphatic carbocycles. The minimum Gasteiger partial charge on any atom is -0.355 e. The molecule has 0 saturated heterocycles. The van der Waals surface area contributed by atoms with Crippen molar-refractivity contribution >= 4 is 5.82 Å². The van der Waals surface area contributed by atoms with Crippen molar-refractivity contribution in [1.82, 2.24) is 10.2 Å². The van der Waals surface area contributed by atoms with Crippen molar-refractivity contribution in [1.29, 1.82) is 0 Å². The average Bonchev–Trinajstić information content (AvgIpc) is 2.38. The molecule has 0 radical (unpaired) electrons. The normalized spacial score (nSPS) is 11.3. The van der Waals surface area contributed by atoms with E-state index in [1.807, 2.05) is 12.1 Å². The van der Waals surface area contributed by atoms with Crippen LogP contribution >= 0.6 is 0 Å². The van der Waals surface area contributed by atoms with Crippen LogP contribution in [0, 0.1) is 11.8 Å². The van der Waals surface area contributed by atoms with E-state index >= 15 is 0 Å². The summed E-state index contributed by atoms with van der Waals surface area (Å²) in [4.78, 5) is 2.34. The highest BCUT2D eigenvalue weighted by Crippen LogP contribution is 2.14. The summed E-state index contributed by atoms with van der Waals surface area (Å²) in [5.41, 5.74) is 6.40.